The smallest absolute Gasteiger partial charge is 0.137 e. The number of carbonyl (C=O) groups excluding carboxylic acids is 1. The van der Waals surface area contributed by atoms with Crippen molar-refractivity contribution < 1.29 is 9.53 Å². The van der Waals surface area contributed by atoms with Crippen LogP contribution in [0.1, 0.15) is 19.3 Å². The summed E-state index contributed by atoms with van der Waals surface area (Å²) < 4.78 is 5.57. The highest BCUT2D eigenvalue weighted by atomic mass is 16.5. The minimum absolute atomic E-state index is 0.269. The van der Waals surface area contributed by atoms with Gasteiger partial charge in [0.1, 0.15) is 5.78 Å². The van der Waals surface area contributed by atoms with Crippen LogP contribution >= 0.6 is 0 Å². The quantitative estimate of drug-likeness (QED) is 0.721. The molecule has 0 aliphatic carbocycles. The lowest BCUT2D eigenvalue weighted by Crippen LogP contribution is -2.55. The molecule has 0 saturated carbocycles. The maximum atomic E-state index is 12.2. The lowest BCUT2D eigenvalue weighted by Gasteiger charge is -2.46. The number of ketones is 1. The highest BCUT2D eigenvalue weighted by molar-refractivity contribution is 5.81. The van der Waals surface area contributed by atoms with E-state index in [4.69, 9.17) is 4.74 Å². The van der Waals surface area contributed by atoms with Crippen molar-refractivity contribution in [1.82, 2.24) is 9.80 Å². The monoisotopic (exact) mass is 240 g/mol. The minimum Gasteiger partial charge on any atom is -0.378 e. The fourth-order valence-corrected chi connectivity index (χ4v) is 2.90. The van der Waals surface area contributed by atoms with Gasteiger partial charge in [0.25, 0.3) is 0 Å². The first kappa shape index (κ1) is 13.0. The first-order valence-corrected chi connectivity index (χ1v) is 6.55. The van der Waals surface area contributed by atoms with Crippen LogP contribution in [0.25, 0.3) is 0 Å². The van der Waals surface area contributed by atoms with E-state index in [1.54, 1.807) is 0 Å². The normalized spacial score (nSPS) is 34.0. The standard InChI is InChI=1S/C13H24N2O2/c1-14(2)5-4-13(16)10-6-11-8-17-9-12(7-10)15(11)3/h10-12H,4-9H2,1-3H3. The number of carbonyl (C=O) groups is 1. The Bertz CT molecular complexity index is 267. The van der Waals surface area contributed by atoms with E-state index in [2.05, 4.69) is 16.8 Å². The van der Waals surface area contributed by atoms with E-state index in [0.717, 1.165) is 32.6 Å². The summed E-state index contributed by atoms with van der Waals surface area (Å²) in [6.45, 7) is 2.46. The van der Waals surface area contributed by atoms with Gasteiger partial charge in [0.05, 0.1) is 13.2 Å². The topological polar surface area (TPSA) is 32.8 Å². The molecule has 0 aromatic heterocycles. The van der Waals surface area contributed by atoms with Crippen molar-refractivity contribution in [3.05, 3.63) is 0 Å². The van der Waals surface area contributed by atoms with Crippen LogP contribution < -0.4 is 0 Å². The van der Waals surface area contributed by atoms with Gasteiger partial charge in [-0.25, -0.2) is 0 Å². The molecule has 2 unspecified atom stereocenters. The predicted molar refractivity (Wildman–Crippen MR) is 67.1 cm³/mol. The van der Waals surface area contributed by atoms with Crippen LogP contribution in [0.4, 0.5) is 0 Å². The third-order valence-electron chi connectivity index (χ3n) is 4.15. The average molecular weight is 240 g/mol. The van der Waals surface area contributed by atoms with E-state index in [-0.39, 0.29) is 5.92 Å². The second kappa shape index (κ2) is 5.46. The highest BCUT2D eigenvalue weighted by Crippen LogP contribution is 2.31. The molecule has 2 rings (SSSR count). The molecule has 0 radical (unpaired) electrons. The van der Waals surface area contributed by atoms with Crippen molar-refractivity contribution in [2.24, 2.45) is 5.92 Å². The van der Waals surface area contributed by atoms with Crippen molar-refractivity contribution >= 4 is 5.78 Å². The fourth-order valence-electron chi connectivity index (χ4n) is 2.90. The van der Waals surface area contributed by atoms with Gasteiger partial charge in [0.15, 0.2) is 0 Å². The van der Waals surface area contributed by atoms with Gasteiger partial charge in [-0.2, -0.15) is 0 Å². The van der Waals surface area contributed by atoms with E-state index in [1.807, 2.05) is 14.1 Å². The molecule has 2 heterocycles. The third-order valence-corrected chi connectivity index (χ3v) is 4.15. The van der Waals surface area contributed by atoms with Crippen LogP contribution in [0.15, 0.2) is 0 Å². The van der Waals surface area contributed by atoms with Crippen LogP contribution in [-0.4, -0.2) is 68.6 Å². The Morgan fingerprint density at radius 3 is 2.41 bits per heavy atom. The summed E-state index contributed by atoms with van der Waals surface area (Å²) in [4.78, 5) is 16.6. The molecule has 17 heavy (non-hydrogen) atoms. The molecule has 0 aromatic carbocycles. The van der Waals surface area contributed by atoms with Gasteiger partial charge in [-0.1, -0.05) is 0 Å². The molecule has 0 N–H and O–H groups in total. The molecule has 0 aromatic rings. The summed E-state index contributed by atoms with van der Waals surface area (Å²) in [5, 5.41) is 0. The Morgan fingerprint density at radius 1 is 1.29 bits per heavy atom. The number of hydrogen-bond donors (Lipinski definition) is 0. The summed E-state index contributed by atoms with van der Waals surface area (Å²) in [5.74, 6) is 0.716. The lowest BCUT2D eigenvalue weighted by molar-refractivity contribution is -0.131. The van der Waals surface area contributed by atoms with Crippen LogP contribution in [0.2, 0.25) is 0 Å². The zero-order valence-electron chi connectivity index (χ0n) is 11.2. The predicted octanol–water partition coefficient (Wildman–Crippen LogP) is 0.616. The molecule has 2 fully saturated rings. The molecule has 98 valence electrons. The number of nitrogens with zero attached hydrogens (tertiary/aromatic N) is 2. The maximum absolute atomic E-state index is 12.2. The number of rotatable bonds is 4. The van der Waals surface area contributed by atoms with E-state index >= 15 is 0 Å². The molecular weight excluding hydrogens is 216 g/mol. The van der Waals surface area contributed by atoms with Gasteiger partial charge < -0.3 is 9.64 Å². The first-order chi connectivity index (χ1) is 8.08. The van der Waals surface area contributed by atoms with Gasteiger partial charge in [0.2, 0.25) is 0 Å². The molecule has 0 amide bonds. The van der Waals surface area contributed by atoms with Crippen LogP contribution in [-0.2, 0) is 9.53 Å². The molecular formula is C13H24N2O2. The minimum atomic E-state index is 0.269. The van der Waals surface area contributed by atoms with Gasteiger partial charge in [0, 0.05) is 31.0 Å². The lowest BCUT2D eigenvalue weighted by atomic mass is 9.82. The number of Topliss-reactive ketones (excluding diaryl/α,β-unsaturated/α-hetero) is 1. The number of likely N-dealkylation sites (N-methyl/N-ethyl adjacent to an activating group) is 1. The van der Waals surface area contributed by atoms with Gasteiger partial charge >= 0.3 is 0 Å². The molecule has 4 nitrogen and oxygen atoms in total. The van der Waals surface area contributed by atoms with Crippen molar-refractivity contribution in [2.45, 2.75) is 31.3 Å². The van der Waals surface area contributed by atoms with E-state index in [0.29, 0.717) is 24.3 Å². The van der Waals surface area contributed by atoms with Gasteiger partial charge in [-0.05, 0) is 34.0 Å². The fraction of sp³-hybridized carbons (Fsp3) is 0.923. The summed E-state index contributed by atoms with van der Waals surface area (Å²) in [7, 11) is 6.20. The second-order valence-electron chi connectivity index (χ2n) is 5.70. The number of morpholine rings is 1. The van der Waals surface area contributed by atoms with E-state index in [9.17, 15) is 4.79 Å². The Labute approximate surface area is 104 Å². The summed E-state index contributed by atoms with van der Waals surface area (Å²) >= 11 is 0. The molecule has 2 aliphatic heterocycles. The van der Waals surface area contributed by atoms with Gasteiger partial charge in [-0.15, -0.1) is 0 Å². The average Bonchev–Trinajstić information content (AvgIpc) is 2.25. The SMILES string of the molecule is CN(C)CCC(=O)C1CC2COCC(C1)N2C. The summed E-state index contributed by atoms with van der Waals surface area (Å²) in [6.07, 6.45) is 2.67. The van der Waals surface area contributed by atoms with Crippen molar-refractivity contribution in [3.8, 4) is 0 Å². The highest BCUT2D eigenvalue weighted by Gasteiger charge is 2.38. The number of piperidine rings is 1. The zero-order chi connectivity index (χ0) is 12.4. The maximum Gasteiger partial charge on any atom is 0.137 e. The Hall–Kier alpha value is -0.450. The Morgan fingerprint density at radius 2 is 1.88 bits per heavy atom. The molecule has 0 spiro atoms. The summed E-state index contributed by atoms with van der Waals surface area (Å²) in [5.41, 5.74) is 0. The van der Waals surface area contributed by atoms with E-state index in [1.165, 1.54) is 0 Å². The Balaban J connectivity index is 1.88. The molecule has 2 saturated heterocycles. The van der Waals surface area contributed by atoms with Crippen LogP contribution in [0.5, 0.6) is 0 Å². The van der Waals surface area contributed by atoms with Crippen LogP contribution in [0.3, 0.4) is 0 Å². The molecule has 2 aliphatic rings. The van der Waals surface area contributed by atoms with Crippen molar-refractivity contribution in [2.75, 3.05) is 40.9 Å². The van der Waals surface area contributed by atoms with Crippen LogP contribution in [0, 0.1) is 5.92 Å². The van der Waals surface area contributed by atoms with E-state index < -0.39 is 0 Å². The third kappa shape index (κ3) is 3.06. The molecule has 4 heteroatoms. The molecule has 2 atom stereocenters. The first-order valence-electron chi connectivity index (χ1n) is 6.55. The number of fused-ring (bicyclic) bond motifs is 2. The largest absolute Gasteiger partial charge is 0.378 e. The number of hydrogen-bond acceptors (Lipinski definition) is 4. The van der Waals surface area contributed by atoms with Crippen molar-refractivity contribution in [1.29, 1.82) is 0 Å². The van der Waals surface area contributed by atoms with Gasteiger partial charge in [-0.3, -0.25) is 9.69 Å². The summed E-state index contributed by atoms with van der Waals surface area (Å²) in [6, 6.07) is 0.909. The molecule has 2 bridgehead atoms. The zero-order valence-corrected chi connectivity index (χ0v) is 11.2. The Kier molecular flexibility index (Phi) is 4.17. The van der Waals surface area contributed by atoms with Crippen molar-refractivity contribution in [3.63, 3.8) is 0 Å². The second-order valence-corrected chi connectivity index (χ2v) is 5.70. The number of ether oxygens (including phenoxy) is 1.